The maximum atomic E-state index is 12.3. The fraction of sp³-hybridized carbons (Fsp3) is 0.417. The molecule has 3 nitrogen and oxygen atoms in total. The number of phenolic OH excluding ortho intramolecular Hbond substituents is 1. The monoisotopic (exact) mass is 261 g/mol. The van der Waals surface area contributed by atoms with Crippen LogP contribution in [0.3, 0.4) is 0 Å². The van der Waals surface area contributed by atoms with E-state index in [1.807, 2.05) is 0 Å². The Hall–Kier alpha value is -1.72. The zero-order chi connectivity index (χ0) is 13.9. The second-order valence-corrected chi connectivity index (χ2v) is 3.89. The normalized spacial score (nSPS) is 11.4. The molecule has 0 amide bonds. The van der Waals surface area contributed by atoms with Crippen LogP contribution in [0.15, 0.2) is 18.2 Å². The van der Waals surface area contributed by atoms with Gasteiger partial charge in [-0.15, -0.1) is 0 Å². The second kappa shape index (κ2) is 5.29. The van der Waals surface area contributed by atoms with Gasteiger partial charge in [0.05, 0.1) is 5.56 Å². The summed E-state index contributed by atoms with van der Waals surface area (Å²) in [6.07, 6.45) is -4.31. The Balaban J connectivity index is 3.01. The molecule has 0 bridgehead atoms. The van der Waals surface area contributed by atoms with E-state index in [0.29, 0.717) is 0 Å². The third-order valence-corrected chi connectivity index (χ3v) is 2.48. The third kappa shape index (κ3) is 3.65. The molecule has 0 atom stereocenters. The van der Waals surface area contributed by atoms with Gasteiger partial charge in [-0.1, -0.05) is 0 Å². The summed E-state index contributed by atoms with van der Waals surface area (Å²) in [5.41, 5.74) is 0.333. The Labute approximate surface area is 103 Å². The minimum absolute atomic E-state index is 0.0989. The number of hydrogen-bond donors (Lipinski definition) is 1. The Morgan fingerprint density at radius 3 is 2.39 bits per heavy atom. The van der Waals surface area contributed by atoms with Gasteiger partial charge < -0.3 is 10.0 Å². The van der Waals surface area contributed by atoms with Crippen LogP contribution in [-0.2, 0) is 0 Å². The van der Waals surface area contributed by atoms with Crippen molar-refractivity contribution in [2.45, 2.75) is 20.0 Å². The first-order valence-electron chi connectivity index (χ1n) is 5.40. The van der Waals surface area contributed by atoms with E-state index in [-0.39, 0.29) is 29.3 Å². The topological polar surface area (TPSA) is 40.5 Å². The van der Waals surface area contributed by atoms with Gasteiger partial charge in [-0.3, -0.25) is 4.79 Å². The molecule has 100 valence electrons. The Kier molecular flexibility index (Phi) is 4.21. The number of aromatic hydroxyl groups is 1. The van der Waals surface area contributed by atoms with E-state index in [1.54, 1.807) is 6.92 Å². The van der Waals surface area contributed by atoms with E-state index in [2.05, 4.69) is 0 Å². The quantitative estimate of drug-likeness (QED) is 0.847. The third-order valence-electron chi connectivity index (χ3n) is 2.48. The van der Waals surface area contributed by atoms with Crippen LogP contribution in [0.2, 0.25) is 0 Å². The molecule has 1 aromatic rings. The zero-order valence-corrected chi connectivity index (χ0v) is 10.1. The predicted molar refractivity (Wildman–Crippen MR) is 62.1 cm³/mol. The van der Waals surface area contributed by atoms with Crippen LogP contribution in [0.5, 0.6) is 5.75 Å². The molecule has 0 saturated heterocycles. The second-order valence-electron chi connectivity index (χ2n) is 3.89. The summed E-state index contributed by atoms with van der Waals surface area (Å²) in [6, 6.07) is 3.89. The van der Waals surface area contributed by atoms with E-state index >= 15 is 0 Å². The van der Waals surface area contributed by atoms with Gasteiger partial charge in [0, 0.05) is 18.3 Å². The van der Waals surface area contributed by atoms with E-state index < -0.39 is 12.7 Å². The number of halogens is 3. The van der Waals surface area contributed by atoms with Crippen molar-refractivity contribution in [1.82, 2.24) is 0 Å². The van der Waals surface area contributed by atoms with Gasteiger partial charge in [-0.25, -0.2) is 0 Å². The number of anilines is 1. The van der Waals surface area contributed by atoms with Gasteiger partial charge in [0.2, 0.25) is 0 Å². The predicted octanol–water partition coefficient (Wildman–Crippen LogP) is 2.98. The van der Waals surface area contributed by atoms with Gasteiger partial charge in [0.1, 0.15) is 12.3 Å². The lowest BCUT2D eigenvalue weighted by molar-refractivity contribution is -0.119. The number of ketones is 1. The van der Waals surface area contributed by atoms with Crippen LogP contribution in [0, 0.1) is 0 Å². The summed E-state index contributed by atoms with van der Waals surface area (Å²) in [7, 11) is 0. The number of carbonyl (C=O) groups excluding carboxylic acids is 1. The summed E-state index contributed by atoms with van der Waals surface area (Å²) in [4.78, 5) is 12.2. The Bertz CT molecular complexity index is 443. The van der Waals surface area contributed by atoms with Crippen LogP contribution in [0.1, 0.15) is 24.2 Å². The molecule has 0 aliphatic carbocycles. The van der Waals surface area contributed by atoms with Crippen LogP contribution in [-0.4, -0.2) is 30.2 Å². The molecule has 1 N–H and O–H groups in total. The molecule has 0 radical (unpaired) electrons. The summed E-state index contributed by atoms with van der Waals surface area (Å²) >= 11 is 0. The number of rotatable bonds is 4. The number of alkyl halides is 3. The highest BCUT2D eigenvalue weighted by molar-refractivity contribution is 5.97. The van der Waals surface area contributed by atoms with Crippen LogP contribution in [0.25, 0.3) is 0 Å². The molecule has 0 unspecified atom stereocenters. The largest absolute Gasteiger partial charge is 0.507 e. The highest BCUT2D eigenvalue weighted by atomic mass is 19.4. The first-order chi connectivity index (χ1) is 8.24. The highest BCUT2D eigenvalue weighted by Crippen LogP contribution is 2.27. The number of phenols is 1. The Morgan fingerprint density at radius 2 is 2.00 bits per heavy atom. The van der Waals surface area contributed by atoms with E-state index in [4.69, 9.17) is 0 Å². The first kappa shape index (κ1) is 14.3. The number of nitrogens with zero attached hydrogens (tertiary/aromatic N) is 1. The van der Waals surface area contributed by atoms with Gasteiger partial charge in [0.25, 0.3) is 0 Å². The lowest BCUT2D eigenvalue weighted by atomic mass is 10.1. The molecule has 18 heavy (non-hydrogen) atoms. The van der Waals surface area contributed by atoms with E-state index in [9.17, 15) is 23.1 Å². The minimum Gasteiger partial charge on any atom is -0.507 e. The van der Waals surface area contributed by atoms with Crippen molar-refractivity contribution in [3.63, 3.8) is 0 Å². The van der Waals surface area contributed by atoms with Crippen LogP contribution < -0.4 is 4.90 Å². The molecule has 6 heteroatoms. The van der Waals surface area contributed by atoms with Crippen molar-refractivity contribution in [1.29, 1.82) is 0 Å². The van der Waals surface area contributed by atoms with Crippen molar-refractivity contribution in [3.8, 4) is 5.75 Å². The molecule has 0 aromatic heterocycles. The molecular formula is C12H14F3NO2. The maximum absolute atomic E-state index is 12.3. The number of carbonyl (C=O) groups is 1. The summed E-state index contributed by atoms with van der Waals surface area (Å²) in [6.45, 7) is 1.92. The summed E-state index contributed by atoms with van der Waals surface area (Å²) < 4.78 is 37.0. The van der Waals surface area contributed by atoms with Crippen molar-refractivity contribution in [2.24, 2.45) is 0 Å². The smallest absolute Gasteiger partial charge is 0.405 e. The van der Waals surface area contributed by atoms with Crippen molar-refractivity contribution >= 4 is 11.5 Å². The van der Waals surface area contributed by atoms with Crippen molar-refractivity contribution in [2.75, 3.05) is 18.0 Å². The van der Waals surface area contributed by atoms with Crippen molar-refractivity contribution < 1.29 is 23.1 Å². The fourth-order valence-electron chi connectivity index (χ4n) is 1.62. The average Bonchev–Trinajstić information content (AvgIpc) is 2.24. The van der Waals surface area contributed by atoms with Crippen molar-refractivity contribution in [3.05, 3.63) is 23.8 Å². The fourth-order valence-corrected chi connectivity index (χ4v) is 1.62. The standard InChI is InChI=1S/C12H14F3NO2/c1-3-16(7-12(13,14)15)9-4-5-10(8(2)17)11(18)6-9/h4-6,18H,3,7H2,1-2H3. The molecule has 1 aromatic carbocycles. The molecule has 0 heterocycles. The average molecular weight is 261 g/mol. The number of benzene rings is 1. The zero-order valence-electron chi connectivity index (χ0n) is 10.1. The van der Waals surface area contributed by atoms with Gasteiger partial charge in [-0.2, -0.15) is 13.2 Å². The molecule has 0 spiro atoms. The number of Topliss-reactive ketones (excluding diaryl/α,β-unsaturated/α-hetero) is 1. The molecule has 0 aliphatic rings. The molecule has 0 fully saturated rings. The highest BCUT2D eigenvalue weighted by Gasteiger charge is 2.30. The first-order valence-corrected chi connectivity index (χ1v) is 5.40. The summed E-state index contributed by atoms with van der Waals surface area (Å²) in [5.74, 6) is -0.640. The molecule has 0 aliphatic heterocycles. The number of hydrogen-bond acceptors (Lipinski definition) is 3. The van der Waals surface area contributed by atoms with Gasteiger partial charge in [0.15, 0.2) is 5.78 Å². The lowest BCUT2D eigenvalue weighted by Gasteiger charge is -2.24. The SMILES string of the molecule is CCN(CC(F)(F)F)c1ccc(C(C)=O)c(O)c1. The van der Waals surface area contributed by atoms with E-state index in [1.165, 1.54) is 25.1 Å². The Morgan fingerprint density at radius 1 is 1.39 bits per heavy atom. The van der Waals surface area contributed by atoms with E-state index in [0.717, 1.165) is 4.90 Å². The maximum Gasteiger partial charge on any atom is 0.405 e. The van der Waals surface area contributed by atoms with Gasteiger partial charge in [-0.05, 0) is 26.0 Å². The van der Waals surface area contributed by atoms with Crippen LogP contribution >= 0.6 is 0 Å². The van der Waals surface area contributed by atoms with Gasteiger partial charge >= 0.3 is 6.18 Å². The minimum atomic E-state index is -4.31. The lowest BCUT2D eigenvalue weighted by Crippen LogP contribution is -2.34. The summed E-state index contributed by atoms with van der Waals surface area (Å²) in [5, 5.41) is 9.58. The molecular weight excluding hydrogens is 247 g/mol. The molecule has 0 saturated carbocycles. The molecule has 1 rings (SSSR count). The van der Waals surface area contributed by atoms with Crippen LogP contribution in [0.4, 0.5) is 18.9 Å².